The van der Waals surface area contributed by atoms with E-state index in [0.717, 1.165) is 24.5 Å². The molecule has 3 heterocycles. The van der Waals surface area contributed by atoms with Crippen molar-refractivity contribution < 1.29 is 8.78 Å². The van der Waals surface area contributed by atoms with E-state index >= 15 is 0 Å². The molecule has 2 aliphatic heterocycles. The Bertz CT molecular complexity index is 534. The molecule has 6 heteroatoms. The normalized spacial score (nSPS) is 22.9. The van der Waals surface area contributed by atoms with E-state index in [2.05, 4.69) is 28.6 Å². The van der Waals surface area contributed by atoms with Crippen LogP contribution in [0.15, 0.2) is 12.3 Å². The molecule has 0 aliphatic carbocycles. The van der Waals surface area contributed by atoms with Crippen molar-refractivity contribution in [2.24, 2.45) is 0 Å². The standard InChI is InChI=1S/C16H22ClF2N3/c1-11(2)12-7-14(17)15(20-8-12)22-9-13(10-22)21-5-3-16(18,19)4-6-21/h7-8,11,13H,3-6,9-10H2,1-2H3. The summed E-state index contributed by atoms with van der Waals surface area (Å²) in [6.45, 7) is 6.83. The fraction of sp³-hybridized carbons (Fsp3) is 0.688. The highest BCUT2D eigenvalue weighted by Crippen LogP contribution is 2.34. The molecule has 0 saturated carbocycles. The first-order chi connectivity index (χ1) is 10.4. The van der Waals surface area contributed by atoms with Gasteiger partial charge < -0.3 is 4.90 Å². The number of aromatic nitrogens is 1. The molecular formula is C16H22ClF2N3. The number of halogens is 3. The summed E-state index contributed by atoms with van der Waals surface area (Å²) in [6.07, 6.45) is 1.83. The van der Waals surface area contributed by atoms with Crippen LogP contribution >= 0.6 is 11.6 Å². The number of anilines is 1. The van der Waals surface area contributed by atoms with Crippen molar-refractivity contribution in [3.05, 3.63) is 22.8 Å². The van der Waals surface area contributed by atoms with Crippen LogP contribution in [0.5, 0.6) is 0 Å². The average Bonchev–Trinajstić information content (AvgIpc) is 2.40. The second-order valence-corrected chi connectivity index (χ2v) is 7.09. The Balaban J connectivity index is 1.57. The van der Waals surface area contributed by atoms with Crippen molar-refractivity contribution in [1.82, 2.24) is 9.88 Å². The lowest BCUT2D eigenvalue weighted by Gasteiger charge is -2.48. The molecule has 0 bridgehead atoms. The third kappa shape index (κ3) is 3.20. The van der Waals surface area contributed by atoms with Crippen molar-refractivity contribution in [3.63, 3.8) is 0 Å². The van der Waals surface area contributed by atoms with Crippen molar-refractivity contribution in [2.45, 2.75) is 44.6 Å². The Morgan fingerprint density at radius 1 is 1.27 bits per heavy atom. The number of rotatable bonds is 3. The fourth-order valence-corrected chi connectivity index (χ4v) is 3.36. The summed E-state index contributed by atoms with van der Waals surface area (Å²) >= 11 is 6.33. The summed E-state index contributed by atoms with van der Waals surface area (Å²) in [5.41, 5.74) is 1.13. The summed E-state index contributed by atoms with van der Waals surface area (Å²) in [6, 6.07) is 2.32. The molecule has 22 heavy (non-hydrogen) atoms. The van der Waals surface area contributed by atoms with Crippen molar-refractivity contribution >= 4 is 17.4 Å². The molecule has 0 amide bonds. The minimum Gasteiger partial charge on any atom is -0.352 e. The summed E-state index contributed by atoms with van der Waals surface area (Å²) < 4.78 is 26.4. The first kappa shape index (κ1) is 15.9. The smallest absolute Gasteiger partial charge is 0.250 e. The lowest BCUT2D eigenvalue weighted by atomic mass is 10.0. The Hall–Kier alpha value is -0.940. The Morgan fingerprint density at radius 3 is 2.45 bits per heavy atom. The van der Waals surface area contributed by atoms with Crippen LogP contribution in [-0.2, 0) is 0 Å². The van der Waals surface area contributed by atoms with E-state index in [-0.39, 0.29) is 12.8 Å². The molecule has 0 spiro atoms. The van der Waals surface area contributed by atoms with Gasteiger partial charge in [-0.3, -0.25) is 4.90 Å². The van der Waals surface area contributed by atoms with Crippen LogP contribution in [0.1, 0.15) is 38.2 Å². The summed E-state index contributed by atoms with van der Waals surface area (Å²) in [5.74, 6) is -1.26. The maximum atomic E-state index is 13.2. The van der Waals surface area contributed by atoms with E-state index in [1.165, 1.54) is 0 Å². The molecule has 0 aromatic carbocycles. The Kier molecular flexibility index (Phi) is 4.29. The van der Waals surface area contributed by atoms with E-state index in [1.807, 2.05) is 12.3 Å². The van der Waals surface area contributed by atoms with Crippen LogP contribution in [0, 0.1) is 0 Å². The molecule has 2 aliphatic rings. The van der Waals surface area contributed by atoms with Crippen molar-refractivity contribution in [3.8, 4) is 0 Å². The number of pyridine rings is 1. The van der Waals surface area contributed by atoms with E-state index in [1.54, 1.807) is 0 Å². The van der Waals surface area contributed by atoms with Gasteiger partial charge in [0.2, 0.25) is 0 Å². The van der Waals surface area contributed by atoms with Gasteiger partial charge in [-0.15, -0.1) is 0 Å². The van der Waals surface area contributed by atoms with Crippen LogP contribution in [0.2, 0.25) is 5.02 Å². The first-order valence-electron chi connectivity index (χ1n) is 7.88. The summed E-state index contributed by atoms with van der Waals surface area (Å²) in [4.78, 5) is 8.78. The van der Waals surface area contributed by atoms with Gasteiger partial charge in [0, 0.05) is 51.3 Å². The van der Waals surface area contributed by atoms with Gasteiger partial charge in [-0.25, -0.2) is 13.8 Å². The minimum atomic E-state index is -2.47. The SMILES string of the molecule is CC(C)c1cnc(N2CC(N3CCC(F)(F)CC3)C2)c(Cl)c1. The van der Waals surface area contributed by atoms with Gasteiger partial charge in [0.05, 0.1) is 5.02 Å². The van der Waals surface area contributed by atoms with E-state index < -0.39 is 5.92 Å². The van der Waals surface area contributed by atoms with Crippen molar-refractivity contribution in [1.29, 1.82) is 0 Å². The second-order valence-electron chi connectivity index (χ2n) is 6.68. The summed E-state index contributed by atoms with van der Waals surface area (Å²) in [7, 11) is 0. The number of piperidine rings is 1. The predicted octanol–water partition coefficient (Wildman–Crippen LogP) is 3.78. The monoisotopic (exact) mass is 329 g/mol. The molecule has 122 valence electrons. The highest BCUT2D eigenvalue weighted by atomic mass is 35.5. The molecule has 2 fully saturated rings. The van der Waals surface area contributed by atoms with Crippen molar-refractivity contribution in [2.75, 3.05) is 31.1 Å². The molecule has 0 N–H and O–H groups in total. The zero-order valence-corrected chi connectivity index (χ0v) is 13.8. The Morgan fingerprint density at radius 2 is 1.91 bits per heavy atom. The summed E-state index contributed by atoms with van der Waals surface area (Å²) in [5, 5.41) is 0.676. The zero-order valence-electron chi connectivity index (χ0n) is 13.0. The fourth-order valence-electron chi connectivity index (χ4n) is 3.07. The first-order valence-corrected chi connectivity index (χ1v) is 8.26. The van der Waals surface area contributed by atoms with Gasteiger partial charge in [0.25, 0.3) is 5.92 Å². The topological polar surface area (TPSA) is 19.4 Å². The lowest BCUT2D eigenvalue weighted by molar-refractivity contribution is -0.0650. The molecule has 1 aromatic rings. The largest absolute Gasteiger partial charge is 0.352 e. The molecule has 0 radical (unpaired) electrons. The van der Waals surface area contributed by atoms with Gasteiger partial charge in [0.1, 0.15) is 5.82 Å². The quantitative estimate of drug-likeness (QED) is 0.841. The van der Waals surface area contributed by atoms with Crippen LogP contribution in [0.4, 0.5) is 14.6 Å². The third-order valence-corrected chi connectivity index (χ3v) is 5.00. The number of hydrogen-bond acceptors (Lipinski definition) is 3. The number of hydrogen-bond donors (Lipinski definition) is 0. The minimum absolute atomic E-state index is 0.0222. The molecule has 0 atom stereocenters. The number of nitrogens with zero attached hydrogens (tertiary/aromatic N) is 3. The third-order valence-electron chi connectivity index (χ3n) is 4.72. The van der Waals surface area contributed by atoms with E-state index in [4.69, 9.17) is 11.6 Å². The lowest BCUT2D eigenvalue weighted by Crippen LogP contribution is -2.61. The highest BCUT2D eigenvalue weighted by molar-refractivity contribution is 6.33. The van der Waals surface area contributed by atoms with Gasteiger partial charge in [-0.05, 0) is 17.5 Å². The van der Waals surface area contributed by atoms with Crippen LogP contribution < -0.4 is 4.90 Å². The van der Waals surface area contributed by atoms with Gasteiger partial charge >= 0.3 is 0 Å². The molecule has 0 unspecified atom stereocenters. The van der Waals surface area contributed by atoms with E-state index in [9.17, 15) is 8.78 Å². The average molecular weight is 330 g/mol. The zero-order chi connectivity index (χ0) is 15.9. The van der Waals surface area contributed by atoms with Crippen LogP contribution in [0.3, 0.4) is 0 Å². The molecular weight excluding hydrogens is 308 g/mol. The maximum absolute atomic E-state index is 13.2. The van der Waals surface area contributed by atoms with Gasteiger partial charge in [-0.1, -0.05) is 25.4 Å². The second kappa shape index (κ2) is 5.93. The molecule has 2 saturated heterocycles. The number of alkyl halides is 2. The Labute approximate surface area is 135 Å². The predicted molar refractivity (Wildman–Crippen MR) is 85.1 cm³/mol. The molecule has 1 aromatic heterocycles. The number of likely N-dealkylation sites (tertiary alicyclic amines) is 1. The van der Waals surface area contributed by atoms with Gasteiger partial charge in [-0.2, -0.15) is 0 Å². The molecule has 3 rings (SSSR count). The highest BCUT2D eigenvalue weighted by Gasteiger charge is 2.40. The van der Waals surface area contributed by atoms with Gasteiger partial charge in [0.15, 0.2) is 0 Å². The van der Waals surface area contributed by atoms with E-state index in [0.29, 0.717) is 30.1 Å². The maximum Gasteiger partial charge on any atom is 0.250 e. The van der Waals surface area contributed by atoms with Crippen LogP contribution in [0.25, 0.3) is 0 Å². The molecule has 3 nitrogen and oxygen atoms in total. The van der Waals surface area contributed by atoms with Crippen LogP contribution in [-0.4, -0.2) is 48.0 Å².